The fourth-order valence-corrected chi connectivity index (χ4v) is 1.24. The molecule has 0 bridgehead atoms. The van der Waals surface area contributed by atoms with E-state index in [1.807, 2.05) is 30.1 Å². The highest BCUT2D eigenvalue weighted by atomic mass is 16.5. The lowest BCUT2D eigenvalue weighted by molar-refractivity contribution is 0.0739. The summed E-state index contributed by atoms with van der Waals surface area (Å²) in [5.74, 6) is 0.677. The second-order valence-electron chi connectivity index (χ2n) is 4.22. The molecule has 0 unspecified atom stereocenters. The number of Topliss-reactive ketones (excluding diaryl/α,β-unsaturated/α-hetero) is 1. The van der Waals surface area contributed by atoms with E-state index in [1.54, 1.807) is 0 Å². The van der Waals surface area contributed by atoms with Crippen molar-refractivity contribution in [2.24, 2.45) is 13.0 Å². The molecule has 0 amide bonds. The van der Waals surface area contributed by atoms with Gasteiger partial charge in [-0.1, -0.05) is 13.8 Å². The number of rotatable bonds is 6. The van der Waals surface area contributed by atoms with Gasteiger partial charge in [0.2, 0.25) is 0 Å². The van der Waals surface area contributed by atoms with Crippen LogP contribution in [-0.4, -0.2) is 23.6 Å². The first kappa shape index (κ1) is 12.0. The van der Waals surface area contributed by atoms with Crippen LogP contribution in [0.1, 0.15) is 30.6 Å². The van der Waals surface area contributed by atoms with E-state index in [1.165, 1.54) is 0 Å². The number of aryl methyl sites for hydroxylation is 1. The molecule has 3 nitrogen and oxygen atoms in total. The number of hydrogen-bond acceptors (Lipinski definition) is 2. The SMILES string of the molecule is CC(C)CCOCC(=O)c1ccn(C)c1. The number of hydrogen-bond donors (Lipinski definition) is 0. The fourth-order valence-electron chi connectivity index (χ4n) is 1.24. The van der Waals surface area contributed by atoms with Crippen molar-refractivity contribution < 1.29 is 9.53 Å². The Hall–Kier alpha value is -1.09. The molecule has 0 radical (unpaired) electrons. The Morgan fingerprint density at radius 2 is 2.27 bits per heavy atom. The van der Waals surface area contributed by atoms with E-state index in [-0.39, 0.29) is 12.4 Å². The zero-order valence-corrected chi connectivity index (χ0v) is 9.69. The highest BCUT2D eigenvalue weighted by Crippen LogP contribution is 2.03. The van der Waals surface area contributed by atoms with Gasteiger partial charge in [-0.25, -0.2) is 0 Å². The molecular weight excluding hydrogens is 190 g/mol. The number of nitrogens with zero attached hydrogens (tertiary/aromatic N) is 1. The Morgan fingerprint density at radius 1 is 1.53 bits per heavy atom. The lowest BCUT2D eigenvalue weighted by atomic mass is 10.1. The van der Waals surface area contributed by atoms with E-state index < -0.39 is 0 Å². The van der Waals surface area contributed by atoms with Crippen molar-refractivity contribution in [3.8, 4) is 0 Å². The van der Waals surface area contributed by atoms with E-state index in [4.69, 9.17) is 4.74 Å². The topological polar surface area (TPSA) is 31.2 Å². The van der Waals surface area contributed by atoms with E-state index >= 15 is 0 Å². The number of carbonyl (C=O) groups is 1. The predicted molar refractivity (Wildman–Crippen MR) is 60.0 cm³/mol. The van der Waals surface area contributed by atoms with Gasteiger partial charge in [-0.05, 0) is 18.4 Å². The van der Waals surface area contributed by atoms with E-state index in [0.29, 0.717) is 12.5 Å². The molecule has 0 aliphatic rings. The van der Waals surface area contributed by atoms with E-state index in [0.717, 1.165) is 12.0 Å². The van der Waals surface area contributed by atoms with Crippen molar-refractivity contribution in [2.75, 3.05) is 13.2 Å². The molecule has 0 aromatic carbocycles. The molecule has 1 aromatic rings. The molecule has 15 heavy (non-hydrogen) atoms. The second kappa shape index (κ2) is 5.71. The van der Waals surface area contributed by atoms with Gasteiger partial charge in [0.25, 0.3) is 0 Å². The van der Waals surface area contributed by atoms with Gasteiger partial charge >= 0.3 is 0 Å². The predicted octanol–water partition coefficient (Wildman–Crippen LogP) is 2.27. The summed E-state index contributed by atoms with van der Waals surface area (Å²) >= 11 is 0. The first-order valence-corrected chi connectivity index (χ1v) is 5.32. The monoisotopic (exact) mass is 209 g/mol. The maximum Gasteiger partial charge on any atom is 0.189 e. The quantitative estimate of drug-likeness (QED) is 0.531. The Kier molecular flexibility index (Phi) is 4.56. The molecule has 0 N–H and O–H groups in total. The standard InChI is InChI=1S/C12H19NO2/c1-10(2)5-7-15-9-12(14)11-4-6-13(3)8-11/h4,6,8,10H,5,7,9H2,1-3H3. The van der Waals surface area contributed by atoms with Crippen LogP contribution in [0.4, 0.5) is 0 Å². The van der Waals surface area contributed by atoms with Crippen molar-refractivity contribution in [3.05, 3.63) is 24.0 Å². The molecular formula is C12H19NO2. The highest BCUT2D eigenvalue weighted by molar-refractivity contribution is 5.96. The summed E-state index contributed by atoms with van der Waals surface area (Å²) < 4.78 is 7.17. The molecule has 84 valence electrons. The van der Waals surface area contributed by atoms with Gasteiger partial charge in [-0.2, -0.15) is 0 Å². The van der Waals surface area contributed by atoms with Gasteiger partial charge in [-0.15, -0.1) is 0 Å². The van der Waals surface area contributed by atoms with Crippen LogP contribution in [0.15, 0.2) is 18.5 Å². The zero-order chi connectivity index (χ0) is 11.3. The molecule has 0 spiro atoms. The number of carbonyl (C=O) groups excluding carboxylic acids is 1. The maximum atomic E-state index is 11.6. The molecule has 0 saturated heterocycles. The van der Waals surface area contributed by atoms with Crippen LogP contribution in [-0.2, 0) is 11.8 Å². The average Bonchev–Trinajstić information content (AvgIpc) is 2.59. The molecule has 0 saturated carbocycles. The van der Waals surface area contributed by atoms with Crippen LogP contribution >= 0.6 is 0 Å². The normalized spacial score (nSPS) is 10.9. The van der Waals surface area contributed by atoms with Crippen LogP contribution in [0.3, 0.4) is 0 Å². The van der Waals surface area contributed by atoms with Crippen molar-refractivity contribution in [1.82, 2.24) is 4.57 Å². The molecule has 0 aliphatic carbocycles. The maximum absolute atomic E-state index is 11.6. The van der Waals surface area contributed by atoms with Crippen LogP contribution in [0.2, 0.25) is 0 Å². The fraction of sp³-hybridized carbons (Fsp3) is 0.583. The van der Waals surface area contributed by atoms with Gasteiger partial charge < -0.3 is 9.30 Å². The minimum Gasteiger partial charge on any atom is -0.373 e. The van der Waals surface area contributed by atoms with Gasteiger partial charge in [0.15, 0.2) is 5.78 Å². The third kappa shape index (κ3) is 4.30. The third-order valence-electron chi connectivity index (χ3n) is 2.23. The van der Waals surface area contributed by atoms with Gasteiger partial charge in [0.1, 0.15) is 6.61 Å². The number of ether oxygens (including phenoxy) is 1. The summed E-state index contributed by atoms with van der Waals surface area (Å²) in [7, 11) is 1.90. The summed E-state index contributed by atoms with van der Waals surface area (Å²) in [6.45, 7) is 5.14. The highest BCUT2D eigenvalue weighted by Gasteiger charge is 2.06. The second-order valence-corrected chi connectivity index (χ2v) is 4.22. The van der Waals surface area contributed by atoms with E-state index in [2.05, 4.69) is 13.8 Å². The van der Waals surface area contributed by atoms with Crippen molar-refractivity contribution in [2.45, 2.75) is 20.3 Å². The Bertz CT molecular complexity index is 315. The average molecular weight is 209 g/mol. The number of aromatic nitrogens is 1. The lowest BCUT2D eigenvalue weighted by Gasteiger charge is -2.04. The lowest BCUT2D eigenvalue weighted by Crippen LogP contribution is -2.10. The molecule has 0 fully saturated rings. The van der Waals surface area contributed by atoms with Crippen LogP contribution in [0, 0.1) is 5.92 Å². The van der Waals surface area contributed by atoms with Crippen LogP contribution in [0.5, 0.6) is 0 Å². The third-order valence-corrected chi connectivity index (χ3v) is 2.23. The zero-order valence-electron chi connectivity index (χ0n) is 9.69. The first-order chi connectivity index (χ1) is 7.09. The Labute approximate surface area is 91.0 Å². The molecule has 3 heteroatoms. The Balaban J connectivity index is 2.25. The van der Waals surface area contributed by atoms with Crippen LogP contribution in [0.25, 0.3) is 0 Å². The molecule has 0 aliphatic heterocycles. The van der Waals surface area contributed by atoms with Crippen molar-refractivity contribution >= 4 is 5.78 Å². The molecule has 1 heterocycles. The Morgan fingerprint density at radius 3 is 2.80 bits per heavy atom. The summed E-state index contributed by atoms with van der Waals surface area (Å²) in [5.41, 5.74) is 0.724. The van der Waals surface area contributed by atoms with Crippen LogP contribution < -0.4 is 0 Å². The molecule has 1 aromatic heterocycles. The summed E-state index contributed by atoms with van der Waals surface area (Å²) in [4.78, 5) is 11.6. The first-order valence-electron chi connectivity index (χ1n) is 5.32. The minimum atomic E-state index is 0.0550. The van der Waals surface area contributed by atoms with Crippen molar-refractivity contribution in [1.29, 1.82) is 0 Å². The van der Waals surface area contributed by atoms with Gasteiger partial charge in [-0.3, -0.25) is 4.79 Å². The summed E-state index contributed by atoms with van der Waals surface area (Å²) in [5, 5.41) is 0. The number of ketones is 1. The largest absolute Gasteiger partial charge is 0.373 e. The smallest absolute Gasteiger partial charge is 0.189 e. The van der Waals surface area contributed by atoms with Gasteiger partial charge in [0.05, 0.1) is 0 Å². The molecule has 0 atom stereocenters. The molecule has 1 rings (SSSR count). The summed E-state index contributed by atoms with van der Waals surface area (Å²) in [6, 6.07) is 1.81. The summed E-state index contributed by atoms with van der Waals surface area (Å²) in [6.07, 6.45) is 4.68. The van der Waals surface area contributed by atoms with Crippen molar-refractivity contribution in [3.63, 3.8) is 0 Å². The minimum absolute atomic E-state index is 0.0550. The van der Waals surface area contributed by atoms with Gasteiger partial charge in [0, 0.05) is 31.6 Å². The van der Waals surface area contributed by atoms with E-state index in [9.17, 15) is 4.79 Å².